The number of hydrogen-bond donors (Lipinski definition) is 2. The molecule has 0 spiro atoms. The van der Waals surface area contributed by atoms with Crippen LogP contribution in [0.15, 0.2) is 30.3 Å². The highest BCUT2D eigenvalue weighted by atomic mass is 16.6. The minimum atomic E-state index is -1.33. The van der Waals surface area contributed by atoms with Gasteiger partial charge >= 0.3 is 12.1 Å². The van der Waals surface area contributed by atoms with Crippen LogP contribution in [0.3, 0.4) is 0 Å². The van der Waals surface area contributed by atoms with Crippen LogP contribution in [0.4, 0.5) is 4.79 Å². The van der Waals surface area contributed by atoms with Crippen LogP contribution in [0.1, 0.15) is 45.6 Å². The van der Waals surface area contributed by atoms with Crippen LogP contribution in [0.25, 0.3) is 0 Å². The fraction of sp³-hybridized carbons (Fsp3) is 0.556. The van der Waals surface area contributed by atoms with Gasteiger partial charge in [-0.2, -0.15) is 0 Å². The van der Waals surface area contributed by atoms with Gasteiger partial charge in [0.2, 0.25) is 0 Å². The standard InChI is InChI=1S/C18H25NO5/c1-17(2,3)24-16(22)19-18(15(20)21)10-9-14(11-18)23-12-13-7-5-4-6-8-13/h4-8,14H,9-12H2,1-3H3,(H,19,22)(H,20,21). The summed E-state index contributed by atoms with van der Waals surface area (Å²) in [5, 5.41) is 12.1. The molecule has 1 aromatic carbocycles. The lowest BCUT2D eigenvalue weighted by Crippen LogP contribution is -2.54. The molecule has 0 radical (unpaired) electrons. The average Bonchev–Trinajstić information content (AvgIpc) is 2.89. The van der Waals surface area contributed by atoms with Crippen molar-refractivity contribution in [2.75, 3.05) is 0 Å². The Bertz CT molecular complexity index is 581. The van der Waals surface area contributed by atoms with Gasteiger partial charge in [-0.25, -0.2) is 9.59 Å². The lowest BCUT2D eigenvalue weighted by atomic mass is 9.98. The van der Waals surface area contributed by atoms with Gasteiger partial charge in [0.25, 0.3) is 0 Å². The number of aliphatic carboxylic acids is 1. The molecule has 0 saturated heterocycles. The molecule has 0 bridgehead atoms. The van der Waals surface area contributed by atoms with Crippen molar-refractivity contribution in [3.05, 3.63) is 35.9 Å². The summed E-state index contributed by atoms with van der Waals surface area (Å²) >= 11 is 0. The Kier molecular flexibility index (Phi) is 5.49. The number of rotatable bonds is 5. The summed E-state index contributed by atoms with van der Waals surface area (Å²) in [6.45, 7) is 5.63. The molecular weight excluding hydrogens is 310 g/mol. The number of carbonyl (C=O) groups is 2. The van der Waals surface area contributed by atoms with Gasteiger partial charge in [0.05, 0.1) is 12.7 Å². The van der Waals surface area contributed by atoms with E-state index < -0.39 is 23.2 Å². The quantitative estimate of drug-likeness (QED) is 0.863. The van der Waals surface area contributed by atoms with Crippen LogP contribution in [0.5, 0.6) is 0 Å². The number of alkyl carbamates (subject to hydrolysis) is 1. The molecule has 1 aliphatic carbocycles. The Balaban J connectivity index is 1.94. The van der Waals surface area contributed by atoms with Gasteiger partial charge in [-0.1, -0.05) is 30.3 Å². The second-order valence-corrected chi connectivity index (χ2v) is 7.18. The molecule has 1 fully saturated rings. The molecule has 2 N–H and O–H groups in total. The number of carboxylic acids is 1. The molecule has 2 unspecified atom stereocenters. The summed E-state index contributed by atoms with van der Waals surface area (Å²) in [7, 11) is 0. The molecule has 2 rings (SSSR count). The predicted octanol–water partition coefficient (Wildman–Crippen LogP) is 3.10. The van der Waals surface area contributed by atoms with E-state index in [9.17, 15) is 14.7 Å². The molecular formula is C18H25NO5. The van der Waals surface area contributed by atoms with Gasteiger partial charge in [0, 0.05) is 6.42 Å². The van der Waals surface area contributed by atoms with Crippen LogP contribution < -0.4 is 5.32 Å². The summed E-state index contributed by atoms with van der Waals surface area (Å²) in [4.78, 5) is 23.7. The van der Waals surface area contributed by atoms with Crippen LogP contribution >= 0.6 is 0 Å². The van der Waals surface area contributed by atoms with Crippen LogP contribution in [0, 0.1) is 0 Å². The van der Waals surface area contributed by atoms with Crippen molar-refractivity contribution in [1.29, 1.82) is 0 Å². The summed E-state index contributed by atoms with van der Waals surface area (Å²) in [6, 6.07) is 9.70. The van der Waals surface area contributed by atoms with E-state index >= 15 is 0 Å². The fourth-order valence-corrected chi connectivity index (χ4v) is 2.79. The summed E-state index contributed by atoms with van der Waals surface area (Å²) in [5.74, 6) is -1.06. The minimum absolute atomic E-state index is 0.212. The SMILES string of the molecule is CC(C)(C)OC(=O)NC1(C(=O)O)CCC(OCc2ccccc2)C1. The largest absolute Gasteiger partial charge is 0.480 e. The van der Waals surface area contributed by atoms with E-state index in [0.717, 1.165) is 5.56 Å². The van der Waals surface area contributed by atoms with E-state index in [1.807, 2.05) is 30.3 Å². The van der Waals surface area contributed by atoms with E-state index in [0.29, 0.717) is 19.4 Å². The number of ether oxygens (including phenoxy) is 2. The van der Waals surface area contributed by atoms with E-state index in [1.54, 1.807) is 20.8 Å². The number of benzene rings is 1. The van der Waals surface area contributed by atoms with Gasteiger partial charge in [-0.05, 0) is 39.2 Å². The monoisotopic (exact) mass is 335 g/mol. The molecule has 0 aliphatic heterocycles. The molecule has 1 aliphatic rings. The molecule has 1 amide bonds. The van der Waals surface area contributed by atoms with Crippen LogP contribution in [-0.2, 0) is 20.9 Å². The van der Waals surface area contributed by atoms with Crippen LogP contribution in [-0.4, -0.2) is 34.4 Å². The number of carboxylic acid groups (broad SMARTS) is 1. The fourth-order valence-electron chi connectivity index (χ4n) is 2.79. The first-order valence-corrected chi connectivity index (χ1v) is 8.10. The molecule has 6 heteroatoms. The number of amides is 1. The van der Waals surface area contributed by atoms with E-state index in [1.165, 1.54) is 0 Å². The molecule has 132 valence electrons. The topological polar surface area (TPSA) is 84.9 Å². The molecule has 24 heavy (non-hydrogen) atoms. The first kappa shape index (κ1) is 18.3. The van der Waals surface area contributed by atoms with Crippen molar-refractivity contribution in [1.82, 2.24) is 5.32 Å². The Labute approximate surface area is 142 Å². The van der Waals surface area contributed by atoms with Crippen LogP contribution in [0.2, 0.25) is 0 Å². The van der Waals surface area contributed by atoms with Crippen molar-refractivity contribution in [2.45, 2.75) is 63.9 Å². The van der Waals surface area contributed by atoms with Gasteiger partial charge in [0.1, 0.15) is 11.1 Å². The van der Waals surface area contributed by atoms with Gasteiger partial charge < -0.3 is 19.9 Å². The lowest BCUT2D eigenvalue weighted by Gasteiger charge is -2.28. The Morgan fingerprint density at radius 1 is 1.29 bits per heavy atom. The van der Waals surface area contributed by atoms with Crippen molar-refractivity contribution in [3.63, 3.8) is 0 Å². The first-order valence-electron chi connectivity index (χ1n) is 8.10. The molecule has 1 saturated carbocycles. The maximum Gasteiger partial charge on any atom is 0.408 e. The molecule has 6 nitrogen and oxygen atoms in total. The van der Waals surface area contributed by atoms with Gasteiger partial charge in [-0.3, -0.25) is 0 Å². The Morgan fingerprint density at radius 2 is 1.96 bits per heavy atom. The molecule has 0 aromatic heterocycles. The molecule has 2 atom stereocenters. The second kappa shape index (κ2) is 7.21. The third-order valence-corrected chi connectivity index (χ3v) is 3.95. The number of carbonyl (C=O) groups excluding carboxylic acids is 1. The third kappa shape index (κ3) is 4.96. The molecule has 1 aromatic rings. The summed E-state index contributed by atoms with van der Waals surface area (Å²) in [6.07, 6.45) is 0.203. The molecule has 0 heterocycles. The highest BCUT2D eigenvalue weighted by molar-refractivity contribution is 5.85. The van der Waals surface area contributed by atoms with Crippen molar-refractivity contribution < 1.29 is 24.2 Å². The zero-order chi connectivity index (χ0) is 17.8. The maximum atomic E-state index is 12.0. The predicted molar refractivity (Wildman–Crippen MR) is 88.6 cm³/mol. The number of hydrogen-bond acceptors (Lipinski definition) is 4. The summed E-state index contributed by atoms with van der Waals surface area (Å²) < 4.78 is 11.0. The van der Waals surface area contributed by atoms with Crippen molar-refractivity contribution in [2.24, 2.45) is 0 Å². The average molecular weight is 335 g/mol. The zero-order valence-electron chi connectivity index (χ0n) is 14.4. The number of nitrogens with one attached hydrogen (secondary N) is 1. The van der Waals surface area contributed by atoms with E-state index in [4.69, 9.17) is 9.47 Å². The summed E-state index contributed by atoms with van der Waals surface area (Å²) in [5.41, 5.74) is -0.972. The Morgan fingerprint density at radius 3 is 2.54 bits per heavy atom. The van der Waals surface area contributed by atoms with Gasteiger partial charge in [0.15, 0.2) is 0 Å². The first-order chi connectivity index (χ1) is 11.2. The van der Waals surface area contributed by atoms with E-state index in [-0.39, 0.29) is 12.5 Å². The Hall–Kier alpha value is -2.08. The lowest BCUT2D eigenvalue weighted by molar-refractivity contribution is -0.145. The normalized spacial score (nSPS) is 23.7. The second-order valence-electron chi connectivity index (χ2n) is 7.18. The highest BCUT2D eigenvalue weighted by Crippen LogP contribution is 2.33. The smallest absolute Gasteiger partial charge is 0.408 e. The minimum Gasteiger partial charge on any atom is -0.480 e. The highest BCUT2D eigenvalue weighted by Gasteiger charge is 2.48. The van der Waals surface area contributed by atoms with Crippen molar-refractivity contribution in [3.8, 4) is 0 Å². The maximum absolute atomic E-state index is 12.0. The van der Waals surface area contributed by atoms with E-state index in [2.05, 4.69) is 5.32 Å². The van der Waals surface area contributed by atoms with Crippen molar-refractivity contribution >= 4 is 12.1 Å². The van der Waals surface area contributed by atoms with Gasteiger partial charge in [-0.15, -0.1) is 0 Å². The third-order valence-electron chi connectivity index (χ3n) is 3.95. The zero-order valence-corrected chi connectivity index (χ0v) is 14.4.